The Hall–Kier alpha value is -2.17. The molecule has 9 nitrogen and oxygen atoms in total. The van der Waals surface area contributed by atoms with Crippen LogP contribution in [0.25, 0.3) is 0 Å². The summed E-state index contributed by atoms with van der Waals surface area (Å²) >= 11 is 0. The van der Waals surface area contributed by atoms with Gasteiger partial charge in [-0.05, 0) is 25.1 Å². The van der Waals surface area contributed by atoms with Crippen LogP contribution in [-0.2, 0) is 19.6 Å². The zero-order valence-corrected chi connectivity index (χ0v) is 15.5. The first kappa shape index (κ1) is 20.9. The van der Waals surface area contributed by atoms with Gasteiger partial charge in [0.05, 0.1) is 13.7 Å². The number of sulfonamides is 1. The number of rotatable bonds is 8. The molecule has 0 aromatic heterocycles. The Morgan fingerprint density at radius 3 is 2.32 bits per heavy atom. The molecule has 1 amide bonds. The summed E-state index contributed by atoms with van der Waals surface area (Å²) < 4.78 is 35.6. The molecule has 0 aliphatic rings. The van der Waals surface area contributed by atoms with Crippen LogP contribution in [0.4, 0.5) is 0 Å². The summed E-state index contributed by atoms with van der Waals surface area (Å²) in [6, 6.07) is 3.82. The molecule has 25 heavy (non-hydrogen) atoms. The van der Waals surface area contributed by atoms with Gasteiger partial charge in [-0.1, -0.05) is 0 Å². The number of nitrogens with zero attached hydrogens (tertiary/aromatic N) is 1. The van der Waals surface area contributed by atoms with Crippen molar-refractivity contribution in [3.05, 3.63) is 23.8 Å². The van der Waals surface area contributed by atoms with Crippen LogP contribution in [0.3, 0.4) is 0 Å². The molecule has 0 heterocycles. The molecule has 1 unspecified atom stereocenters. The summed E-state index contributed by atoms with van der Waals surface area (Å²) in [7, 11) is 1.46. The van der Waals surface area contributed by atoms with Crippen molar-refractivity contribution >= 4 is 21.9 Å². The van der Waals surface area contributed by atoms with Crippen LogP contribution in [0, 0.1) is 0 Å². The van der Waals surface area contributed by atoms with E-state index < -0.39 is 27.4 Å². The van der Waals surface area contributed by atoms with Gasteiger partial charge in [0, 0.05) is 26.8 Å². The van der Waals surface area contributed by atoms with Gasteiger partial charge in [-0.25, -0.2) is 17.5 Å². The van der Waals surface area contributed by atoms with Crippen LogP contribution >= 0.6 is 0 Å². The Labute approximate surface area is 146 Å². The normalized spacial score (nSPS) is 14.0. The molecule has 0 saturated heterocycles. The van der Waals surface area contributed by atoms with Gasteiger partial charge < -0.3 is 19.9 Å². The third-order valence-electron chi connectivity index (χ3n) is 3.48. The van der Waals surface area contributed by atoms with E-state index in [9.17, 15) is 23.1 Å². The minimum atomic E-state index is -3.86. The van der Waals surface area contributed by atoms with Gasteiger partial charge in [0.15, 0.2) is 5.54 Å². The molecule has 2 N–H and O–H groups in total. The Bertz CT molecular complexity index is 761. The molecular weight excluding hydrogens is 352 g/mol. The topological polar surface area (TPSA) is 122 Å². The van der Waals surface area contributed by atoms with E-state index in [4.69, 9.17) is 9.47 Å². The van der Waals surface area contributed by atoms with Crippen molar-refractivity contribution in [2.75, 3.05) is 34.9 Å². The van der Waals surface area contributed by atoms with Gasteiger partial charge in [0.2, 0.25) is 10.0 Å². The first-order valence-corrected chi connectivity index (χ1v) is 8.59. The highest BCUT2D eigenvalue weighted by Gasteiger charge is 2.35. The number of methoxy groups -OCH3 is 2. The van der Waals surface area contributed by atoms with Crippen LogP contribution < -0.4 is 10.1 Å². The number of carboxylic acid groups (broad SMARTS) is 1. The lowest BCUT2D eigenvalue weighted by molar-refractivity contribution is -0.145. The monoisotopic (exact) mass is 374 g/mol. The number of carbonyl (C=O) groups excluding carboxylic acids is 1. The third-order valence-corrected chi connectivity index (χ3v) is 5.32. The number of aliphatic carboxylic acids is 1. The molecular formula is C15H22N2O7S. The van der Waals surface area contributed by atoms with Crippen molar-refractivity contribution < 1.29 is 32.6 Å². The molecule has 0 bridgehead atoms. The van der Waals surface area contributed by atoms with Crippen molar-refractivity contribution in [1.82, 2.24) is 9.62 Å². The molecule has 1 aromatic rings. The Morgan fingerprint density at radius 2 is 1.88 bits per heavy atom. The average Bonchev–Trinajstić information content (AvgIpc) is 2.53. The van der Waals surface area contributed by atoms with Gasteiger partial charge in [0.1, 0.15) is 10.6 Å². The number of carboxylic acids is 1. The highest BCUT2D eigenvalue weighted by molar-refractivity contribution is 7.89. The van der Waals surface area contributed by atoms with E-state index in [1.165, 1.54) is 47.4 Å². The van der Waals surface area contributed by atoms with Crippen molar-refractivity contribution in [2.45, 2.75) is 17.4 Å². The van der Waals surface area contributed by atoms with E-state index >= 15 is 0 Å². The van der Waals surface area contributed by atoms with Crippen LogP contribution in [0.2, 0.25) is 0 Å². The summed E-state index contributed by atoms with van der Waals surface area (Å²) in [6.07, 6.45) is 0. The van der Waals surface area contributed by atoms with E-state index in [0.717, 1.165) is 10.4 Å². The third kappa shape index (κ3) is 4.47. The lowest BCUT2D eigenvalue weighted by atomic mass is 10.0. The lowest BCUT2D eigenvalue weighted by Crippen LogP contribution is -2.55. The molecule has 0 spiro atoms. The van der Waals surface area contributed by atoms with E-state index in [1.807, 2.05) is 0 Å². The van der Waals surface area contributed by atoms with Crippen molar-refractivity contribution in [3.8, 4) is 5.75 Å². The Kier molecular flexibility index (Phi) is 6.52. The zero-order chi connectivity index (χ0) is 19.4. The maximum absolute atomic E-state index is 12.4. The van der Waals surface area contributed by atoms with Crippen LogP contribution in [-0.4, -0.2) is 70.2 Å². The molecule has 0 radical (unpaired) electrons. The van der Waals surface area contributed by atoms with Gasteiger partial charge in [-0.15, -0.1) is 0 Å². The summed E-state index contributed by atoms with van der Waals surface area (Å²) in [4.78, 5) is 23.6. The highest BCUT2D eigenvalue weighted by atomic mass is 32.2. The number of ether oxygens (including phenoxy) is 2. The molecule has 1 aromatic carbocycles. The van der Waals surface area contributed by atoms with Crippen molar-refractivity contribution in [2.24, 2.45) is 0 Å². The predicted molar refractivity (Wildman–Crippen MR) is 89.2 cm³/mol. The van der Waals surface area contributed by atoms with Crippen molar-refractivity contribution in [1.29, 1.82) is 0 Å². The first-order chi connectivity index (χ1) is 11.5. The van der Waals surface area contributed by atoms with Crippen LogP contribution in [0.1, 0.15) is 17.3 Å². The summed E-state index contributed by atoms with van der Waals surface area (Å²) in [5.74, 6) is -1.96. The Balaban J connectivity index is 3.31. The highest BCUT2D eigenvalue weighted by Crippen LogP contribution is 2.27. The van der Waals surface area contributed by atoms with Gasteiger partial charge in [0.25, 0.3) is 5.91 Å². The van der Waals surface area contributed by atoms with Gasteiger partial charge in [-0.3, -0.25) is 4.79 Å². The zero-order valence-electron chi connectivity index (χ0n) is 14.7. The maximum Gasteiger partial charge on any atom is 0.331 e. The molecule has 140 valence electrons. The van der Waals surface area contributed by atoms with Crippen molar-refractivity contribution in [3.63, 3.8) is 0 Å². The second kappa shape index (κ2) is 7.81. The van der Waals surface area contributed by atoms with Gasteiger partial charge in [-0.2, -0.15) is 0 Å². The first-order valence-electron chi connectivity index (χ1n) is 7.15. The summed E-state index contributed by atoms with van der Waals surface area (Å²) in [5.41, 5.74) is -1.68. The maximum atomic E-state index is 12.4. The van der Waals surface area contributed by atoms with E-state index in [-0.39, 0.29) is 22.8 Å². The van der Waals surface area contributed by atoms with E-state index in [2.05, 4.69) is 5.32 Å². The van der Waals surface area contributed by atoms with E-state index in [1.54, 1.807) is 0 Å². The lowest BCUT2D eigenvalue weighted by Gasteiger charge is -2.25. The minimum Gasteiger partial charge on any atom is -0.495 e. The predicted octanol–water partition coefficient (Wildman–Crippen LogP) is 0.165. The fraction of sp³-hybridized carbons (Fsp3) is 0.467. The summed E-state index contributed by atoms with van der Waals surface area (Å²) in [6.45, 7) is 1.03. The molecule has 1 atom stereocenters. The van der Waals surface area contributed by atoms with E-state index in [0.29, 0.717) is 0 Å². The average molecular weight is 374 g/mol. The Morgan fingerprint density at radius 1 is 1.28 bits per heavy atom. The SMILES string of the molecule is COCC(C)(NC(=O)c1ccc(OC)c(S(=O)(=O)N(C)C)c1)C(=O)O. The molecule has 1 rings (SSSR count). The fourth-order valence-electron chi connectivity index (χ4n) is 1.98. The van der Waals surface area contributed by atoms with Crippen LogP contribution in [0.15, 0.2) is 23.1 Å². The fourth-order valence-corrected chi connectivity index (χ4v) is 3.05. The number of hydrogen-bond acceptors (Lipinski definition) is 6. The number of nitrogens with one attached hydrogen (secondary N) is 1. The minimum absolute atomic E-state index is 0.0233. The second-order valence-corrected chi connectivity index (χ2v) is 7.80. The van der Waals surface area contributed by atoms with Crippen LogP contribution in [0.5, 0.6) is 5.75 Å². The second-order valence-electron chi connectivity index (χ2n) is 5.68. The summed E-state index contributed by atoms with van der Waals surface area (Å²) in [5, 5.41) is 11.6. The molecule has 0 fully saturated rings. The molecule has 0 aliphatic carbocycles. The standard InChI is InChI=1S/C15H22N2O7S/c1-15(9-23-4,14(19)20)16-13(18)10-6-7-11(24-5)12(8-10)25(21,22)17(2)3/h6-8H,9H2,1-5H3,(H,16,18)(H,19,20). The molecule has 0 saturated carbocycles. The molecule has 10 heteroatoms. The largest absolute Gasteiger partial charge is 0.495 e. The number of hydrogen-bond donors (Lipinski definition) is 2. The number of amides is 1. The quantitative estimate of drug-likeness (QED) is 0.665. The van der Waals surface area contributed by atoms with Gasteiger partial charge >= 0.3 is 5.97 Å². The molecule has 0 aliphatic heterocycles. The number of carbonyl (C=O) groups is 2. The smallest absolute Gasteiger partial charge is 0.331 e. The number of benzene rings is 1.